The molecule has 0 saturated heterocycles. The van der Waals surface area contributed by atoms with Crippen LogP contribution in [0.2, 0.25) is 0 Å². The number of hydrogen-bond acceptors (Lipinski definition) is 2. The molecule has 0 rings (SSSR count). The third-order valence-electron chi connectivity index (χ3n) is 1.61. The number of aliphatic hydroxyl groups excluding tert-OH is 1. The van der Waals surface area contributed by atoms with Crippen LogP contribution < -0.4 is 5.32 Å². The van der Waals surface area contributed by atoms with Crippen LogP contribution >= 0.6 is 0 Å². The van der Waals surface area contributed by atoms with Crippen molar-refractivity contribution in [3.63, 3.8) is 0 Å². The Morgan fingerprint density at radius 2 is 2.22 bits per heavy atom. The molecule has 0 aromatic carbocycles. The maximum atomic E-state index is 8.57. The number of hydrogen-bond donors (Lipinski definition) is 2. The van der Waals surface area contributed by atoms with Gasteiger partial charge in [-0.05, 0) is 25.9 Å². The van der Waals surface area contributed by atoms with Crippen LogP contribution in [-0.4, -0.2) is 25.3 Å². The lowest BCUT2D eigenvalue weighted by Gasteiger charge is -2.11. The first-order chi connectivity index (χ1) is 4.35. The van der Waals surface area contributed by atoms with Crippen LogP contribution in [0.25, 0.3) is 0 Å². The van der Waals surface area contributed by atoms with Crippen molar-refractivity contribution in [3.8, 4) is 0 Å². The Kier molecular flexibility index (Phi) is 5.99. The first kappa shape index (κ1) is 8.92. The van der Waals surface area contributed by atoms with Gasteiger partial charge in [-0.25, -0.2) is 0 Å². The lowest BCUT2D eigenvalue weighted by molar-refractivity contribution is 0.253. The molecule has 0 amide bonds. The molecular weight excluding hydrogens is 114 g/mol. The minimum absolute atomic E-state index is 0.320. The van der Waals surface area contributed by atoms with Gasteiger partial charge in [0.2, 0.25) is 0 Å². The molecule has 9 heavy (non-hydrogen) atoms. The summed E-state index contributed by atoms with van der Waals surface area (Å²) in [6.45, 7) is 3.49. The first-order valence-electron chi connectivity index (χ1n) is 3.60. The van der Waals surface area contributed by atoms with Crippen molar-refractivity contribution < 1.29 is 5.11 Å². The average molecular weight is 131 g/mol. The fourth-order valence-electron chi connectivity index (χ4n) is 0.922. The smallest absolute Gasteiger partial charge is 0.0434 e. The van der Waals surface area contributed by atoms with Crippen LogP contribution in [0.1, 0.15) is 19.8 Å². The van der Waals surface area contributed by atoms with Crippen LogP contribution in [0, 0.1) is 5.92 Å². The second-order valence-corrected chi connectivity index (χ2v) is 2.34. The summed E-state index contributed by atoms with van der Waals surface area (Å²) in [7, 11) is 1.94. The molecule has 0 aromatic rings. The van der Waals surface area contributed by atoms with Crippen molar-refractivity contribution in [2.24, 2.45) is 5.92 Å². The Labute approximate surface area is 57.3 Å². The summed E-state index contributed by atoms with van der Waals surface area (Å²) in [5.41, 5.74) is 0. The zero-order chi connectivity index (χ0) is 7.11. The SMILES string of the molecule is CCC(CCO)CNC. The topological polar surface area (TPSA) is 32.3 Å². The van der Waals surface area contributed by atoms with E-state index in [1.54, 1.807) is 0 Å². The van der Waals surface area contributed by atoms with E-state index in [9.17, 15) is 0 Å². The molecular formula is C7H17NO. The fraction of sp³-hybridized carbons (Fsp3) is 1.00. The highest BCUT2D eigenvalue weighted by atomic mass is 16.3. The molecule has 2 N–H and O–H groups in total. The summed E-state index contributed by atoms with van der Waals surface area (Å²) >= 11 is 0. The molecule has 0 aliphatic rings. The normalized spacial score (nSPS) is 13.7. The highest BCUT2D eigenvalue weighted by molar-refractivity contribution is 4.57. The Morgan fingerprint density at radius 1 is 1.56 bits per heavy atom. The molecule has 0 spiro atoms. The summed E-state index contributed by atoms with van der Waals surface area (Å²) < 4.78 is 0. The highest BCUT2D eigenvalue weighted by Crippen LogP contribution is 2.04. The van der Waals surface area contributed by atoms with Gasteiger partial charge in [0.25, 0.3) is 0 Å². The van der Waals surface area contributed by atoms with Gasteiger partial charge >= 0.3 is 0 Å². The lowest BCUT2D eigenvalue weighted by atomic mass is 10.0. The van der Waals surface area contributed by atoms with Gasteiger partial charge in [0.1, 0.15) is 0 Å². The van der Waals surface area contributed by atoms with E-state index >= 15 is 0 Å². The molecule has 0 saturated carbocycles. The van der Waals surface area contributed by atoms with E-state index in [1.165, 1.54) is 0 Å². The summed E-state index contributed by atoms with van der Waals surface area (Å²) in [4.78, 5) is 0. The second-order valence-electron chi connectivity index (χ2n) is 2.34. The molecule has 1 atom stereocenters. The van der Waals surface area contributed by atoms with Crippen molar-refractivity contribution in [2.45, 2.75) is 19.8 Å². The zero-order valence-corrected chi connectivity index (χ0v) is 6.35. The van der Waals surface area contributed by atoms with E-state index in [-0.39, 0.29) is 0 Å². The number of nitrogens with one attached hydrogen (secondary N) is 1. The van der Waals surface area contributed by atoms with E-state index in [0.29, 0.717) is 12.5 Å². The maximum Gasteiger partial charge on any atom is 0.0434 e. The predicted molar refractivity (Wildman–Crippen MR) is 39.4 cm³/mol. The van der Waals surface area contributed by atoms with Gasteiger partial charge in [0.15, 0.2) is 0 Å². The van der Waals surface area contributed by atoms with E-state index in [2.05, 4.69) is 12.2 Å². The predicted octanol–water partition coefficient (Wildman–Crippen LogP) is 0.614. The van der Waals surface area contributed by atoms with Crippen LogP contribution in [0.4, 0.5) is 0 Å². The van der Waals surface area contributed by atoms with Gasteiger partial charge in [-0.3, -0.25) is 0 Å². The lowest BCUT2D eigenvalue weighted by Crippen LogP contribution is -2.18. The average Bonchev–Trinajstić information content (AvgIpc) is 1.88. The van der Waals surface area contributed by atoms with E-state index in [1.807, 2.05) is 7.05 Å². The molecule has 0 aliphatic heterocycles. The van der Waals surface area contributed by atoms with Gasteiger partial charge < -0.3 is 10.4 Å². The van der Waals surface area contributed by atoms with E-state index in [0.717, 1.165) is 19.4 Å². The molecule has 56 valence electrons. The quantitative estimate of drug-likeness (QED) is 0.573. The highest BCUT2D eigenvalue weighted by Gasteiger charge is 2.01. The van der Waals surface area contributed by atoms with Crippen molar-refractivity contribution in [3.05, 3.63) is 0 Å². The molecule has 2 heteroatoms. The minimum Gasteiger partial charge on any atom is -0.396 e. The van der Waals surface area contributed by atoms with Gasteiger partial charge in [-0.15, -0.1) is 0 Å². The summed E-state index contributed by atoms with van der Waals surface area (Å²) in [5, 5.41) is 11.7. The molecule has 1 unspecified atom stereocenters. The summed E-state index contributed by atoms with van der Waals surface area (Å²) in [6, 6.07) is 0. The van der Waals surface area contributed by atoms with Crippen LogP contribution in [0.3, 0.4) is 0 Å². The third kappa shape index (κ3) is 4.43. The monoisotopic (exact) mass is 131 g/mol. The molecule has 0 aromatic heterocycles. The second kappa shape index (κ2) is 6.05. The molecule has 0 fully saturated rings. The largest absolute Gasteiger partial charge is 0.396 e. The first-order valence-corrected chi connectivity index (χ1v) is 3.60. The Hall–Kier alpha value is -0.0800. The van der Waals surface area contributed by atoms with Crippen LogP contribution in [0.5, 0.6) is 0 Å². The maximum absolute atomic E-state index is 8.57. The fourth-order valence-corrected chi connectivity index (χ4v) is 0.922. The van der Waals surface area contributed by atoms with Crippen LogP contribution in [-0.2, 0) is 0 Å². The third-order valence-corrected chi connectivity index (χ3v) is 1.61. The zero-order valence-electron chi connectivity index (χ0n) is 6.35. The number of aliphatic hydroxyl groups is 1. The minimum atomic E-state index is 0.320. The van der Waals surface area contributed by atoms with Gasteiger partial charge in [0.05, 0.1) is 0 Å². The molecule has 0 radical (unpaired) electrons. The summed E-state index contributed by atoms with van der Waals surface area (Å²) in [5.74, 6) is 0.653. The van der Waals surface area contributed by atoms with Gasteiger partial charge in [0, 0.05) is 6.61 Å². The van der Waals surface area contributed by atoms with Gasteiger partial charge in [-0.2, -0.15) is 0 Å². The molecule has 0 heterocycles. The van der Waals surface area contributed by atoms with Crippen molar-refractivity contribution in [2.75, 3.05) is 20.2 Å². The van der Waals surface area contributed by atoms with E-state index in [4.69, 9.17) is 5.11 Å². The molecule has 0 aliphatic carbocycles. The Bertz CT molecular complexity index is 50.9. The number of rotatable bonds is 5. The van der Waals surface area contributed by atoms with E-state index < -0.39 is 0 Å². The Balaban J connectivity index is 3.18. The van der Waals surface area contributed by atoms with Crippen molar-refractivity contribution in [1.29, 1.82) is 0 Å². The Morgan fingerprint density at radius 3 is 2.56 bits per heavy atom. The molecule has 0 bridgehead atoms. The standard InChI is InChI=1S/C7H17NO/c1-3-7(4-5-9)6-8-2/h7-9H,3-6H2,1-2H3. The summed E-state index contributed by atoms with van der Waals surface area (Å²) in [6.07, 6.45) is 2.08. The van der Waals surface area contributed by atoms with Crippen molar-refractivity contribution >= 4 is 0 Å². The molecule has 2 nitrogen and oxygen atoms in total. The van der Waals surface area contributed by atoms with Crippen molar-refractivity contribution in [1.82, 2.24) is 5.32 Å². The van der Waals surface area contributed by atoms with Gasteiger partial charge in [-0.1, -0.05) is 13.3 Å². The van der Waals surface area contributed by atoms with Crippen LogP contribution in [0.15, 0.2) is 0 Å².